The minimum atomic E-state index is -4.66. The van der Waals surface area contributed by atoms with Gasteiger partial charge < -0.3 is 4.52 Å². The summed E-state index contributed by atoms with van der Waals surface area (Å²) in [5.74, 6) is -1.14. The Bertz CT molecular complexity index is 172. The molecule has 0 saturated carbocycles. The zero-order valence-electron chi connectivity index (χ0n) is 4.35. The number of phosphoric ester groups is 1. The summed E-state index contributed by atoms with van der Waals surface area (Å²) in [5, 5.41) is 0. The van der Waals surface area contributed by atoms with Gasteiger partial charge in [0.25, 0.3) is 0 Å². The average Bonchev–Trinajstić information content (AvgIpc) is 1.62. The quantitative estimate of drug-likeness (QED) is 0.325. The van der Waals surface area contributed by atoms with Crippen LogP contribution in [0, 0.1) is 0 Å². The number of hydrogen-bond acceptors (Lipinski definition) is 3. The van der Waals surface area contributed by atoms with Gasteiger partial charge in [-0.1, -0.05) is 6.58 Å². The Morgan fingerprint density at radius 2 is 2.00 bits per heavy atom. The van der Waals surface area contributed by atoms with E-state index < -0.39 is 13.8 Å². The van der Waals surface area contributed by atoms with Crippen molar-refractivity contribution in [1.29, 1.82) is 0 Å². The molecule has 2 N–H and O–H groups in total. The number of rotatable bonds is 2. The van der Waals surface area contributed by atoms with E-state index in [0.29, 0.717) is 6.08 Å². The molecule has 0 aliphatic heterocycles. The van der Waals surface area contributed by atoms with Crippen LogP contribution in [0.15, 0.2) is 12.7 Å². The number of carbonyl (C=O) groups excluding carboxylic acids is 1. The van der Waals surface area contributed by atoms with Gasteiger partial charge in [0, 0.05) is 6.08 Å². The summed E-state index contributed by atoms with van der Waals surface area (Å²) in [5.41, 5.74) is 0. The molecule has 0 aliphatic carbocycles. The molecule has 0 amide bonds. The van der Waals surface area contributed by atoms with Gasteiger partial charge in [0.2, 0.25) is 0 Å². The van der Waals surface area contributed by atoms with Crippen LogP contribution in [0.3, 0.4) is 0 Å². The van der Waals surface area contributed by atoms with E-state index in [9.17, 15) is 9.36 Å². The maximum atomic E-state index is 9.99. The fraction of sp³-hybridized carbons (Fsp3) is 0. The van der Waals surface area contributed by atoms with Crippen LogP contribution in [0.25, 0.3) is 0 Å². The van der Waals surface area contributed by atoms with E-state index in [-0.39, 0.29) is 29.6 Å². The molecular weight excluding hydrogens is 170 g/mol. The average molecular weight is 176 g/mol. The molecule has 0 unspecified atom stereocenters. The predicted octanol–water partition coefficient (Wildman–Crippen LogP) is -0.840. The molecule has 0 heterocycles. The minimum absolute atomic E-state index is 0. The molecule has 0 fully saturated rings. The van der Waals surface area contributed by atoms with E-state index in [1.807, 2.05) is 0 Å². The molecule has 0 aromatic rings. The van der Waals surface area contributed by atoms with Crippen molar-refractivity contribution in [1.82, 2.24) is 0 Å². The molecule has 0 saturated heterocycles. The number of phosphoric acid groups is 1. The summed E-state index contributed by atoms with van der Waals surface area (Å²) in [6, 6.07) is 0. The molecule has 0 bridgehead atoms. The first kappa shape index (κ1) is 13.0. The van der Waals surface area contributed by atoms with Crippen molar-refractivity contribution in [3.8, 4) is 0 Å². The Kier molecular flexibility index (Phi) is 6.58. The van der Waals surface area contributed by atoms with Crippen molar-refractivity contribution >= 4 is 43.3 Å². The van der Waals surface area contributed by atoms with E-state index in [1.54, 1.807) is 0 Å². The molecule has 0 aliphatic rings. The van der Waals surface area contributed by atoms with Crippen LogP contribution in [0.2, 0.25) is 0 Å². The summed E-state index contributed by atoms with van der Waals surface area (Å²) in [7, 11) is -4.66. The van der Waals surface area contributed by atoms with Gasteiger partial charge in [0.15, 0.2) is 0 Å². The zero-order chi connectivity index (χ0) is 7.49. The molecule has 5 nitrogen and oxygen atoms in total. The summed E-state index contributed by atoms with van der Waals surface area (Å²) in [6.45, 7) is 2.93. The molecule has 0 aromatic heterocycles. The van der Waals surface area contributed by atoms with Crippen molar-refractivity contribution in [3.63, 3.8) is 0 Å². The van der Waals surface area contributed by atoms with Crippen LogP contribution in [0.4, 0.5) is 0 Å². The number of carbonyl (C=O) groups is 1. The third-order valence-electron chi connectivity index (χ3n) is 0.376. The summed E-state index contributed by atoms with van der Waals surface area (Å²) in [4.78, 5) is 25.9. The first-order chi connectivity index (χ1) is 3.95. The monoisotopic (exact) mass is 176 g/mol. The van der Waals surface area contributed by atoms with E-state index >= 15 is 0 Å². The second-order valence-electron chi connectivity index (χ2n) is 1.11. The van der Waals surface area contributed by atoms with Gasteiger partial charge in [-0.05, 0) is 0 Å². The van der Waals surface area contributed by atoms with Crippen molar-refractivity contribution < 1.29 is 23.7 Å². The van der Waals surface area contributed by atoms with Crippen LogP contribution in [-0.4, -0.2) is 45.3 Å². The van der Waals surface area contributed by atoms with Crippen LogP contribution in [-0.2, 0) is 13.9 Å². The van der Waals surface area contributed by atoms with Gasteiger partial charge in [-0.2, -0.15) is 0 Å². The normalized spacial score (nSPS) is 9.40. The molecule has 0 aromatic carbocycles. The summed E-state index contributed by atoms with van der Waals surface area (Å²) in [6.07, 6.45) is 0.666. The van der Waals surface area contributed by atoms with Gasteiger partial charge in [0.1, 0.15) is 0 Å². The van der Waals surface area contributed by atoms with Crippen LogP contribution in [0.5, 0.6) is 0 Å². The van der Waals surface area contributed by atoms with Crippen molar-refractivity contribution in [3.05, 3.63) is 12.7 Å². The van der Waals surface area contributed by atoms with E-state index in [0.717, 1.165) is 0 Å². The second-order valence-corrected chi connectivity index (χ2v) is 2.27. The van der Waals surface area contributed by atoms with Crippen LogP contribution in [0.1, 0.15) is 0 Å². The topological polar surface area (TPSA) is 83.8 Å². The first-order valence-electron chi connectivity index (χ1n) is 1.87. The van der Waals surface area contributed by atoms with E-state index in [2.05, 4.69) is 11.1 Å². The summed E-state index contributed by atoms with van der Waals surface area (Å²) >= 11 is 0. The van der Waals surface area contributed by atoms with E-state index in [4.69, 9.17) is 9.79 Å². The summed E-state index contributed by atoms with van der Waals surface area (Å²) < 4.78 is 13.3. The number of hydrogen-bond donors (Lipinski definition) is 2. The molecule has 7 heteroatoms. The van der Waals surface area contributed by atoms with Crippen LogP contribution >= 0.6 is 7.82 Å². The Morgan fingerprint density at radius 1 is 1.60 bits per heavy atom. The molecule has 0 atom stereocenters. The molecule has 54 valence electrons. The van der Waals surface area contributed by atoms with Crippen molar-refractivity contribution in [2.75, 3.05) is 0 Å². The fourth-order valence-corrected chi connectivity index (χ4v) is 0.463. The Hall–Kier alpha value is 0.360. The Morgan fingerprint density at radius 3 is 2.10 bits per heavy atom. The molecule has 0 spiro atoms. The van der Waals surface area contributed by atoms with Gasteiger partial charge in [-0.25, -0.2) is 9.36 Å². The van der Waals surface area contributed by atoms with Gasteiger partial charge >= 0.3 is 43.3 Å². The van der Waals surface area contributed by atoms with Crippen molar-refractivity contribution in [2.45, 2.75) is 0 Å². The predicted molar refractivity (Wildman–Crippen MR) is 35.5 cm³/mol. The van der Waals surface area contributed by atoms with Crippen molar-refractivity contribution in [2.24, 2.45) is 0 Å². The van der Waals surface area contributed by atoms with E-state index in [1.165, 1.54) is 0 Å². The van der Waals surface area contributed by atoms with Crippen LogP contribution < -0.4 is 0 Å². The Labute approximate surface area is 79.6 Å². The fourth-order valence-electron chi connectivity index (χ4n) is 0.154. The first-order valence-corrected chi connectivity index (χ1v) is 3.40. The molecule has 0 rings (SSSR count). The third kappa shape index (κ3) is 8.36. The SMILES string of the molecule is C=CC(=O)OP(=O)(O)O.[NaH]. The standard InChI is InChI=1S/C3H5O5P.Na.H/c1-2-3(4)8-9(5,6)7;;/h2H,1H2,(H2,5,6,7);;. The van der Waals surface area contributed by atoms with Gasteiger partial charge in [0.05, 0.1) is 0 Å². The molecule has 0 radical (unpaired) electrons. The zero-order valence-corrected chi connectivity index (χ0v) is 5.25. The third-order valence-corrected chi connectivity index (χ3v) is 0.793. The Balaban J connectivity index is 0. The maximum absolute atomic E-state index is 9.99. The van der Waals surface area contributed by atoms with Gasteiger partial charge in [-0.3, -0.25) is 9.79 Å². The molecular formula is C3H6NaO5P. The molecule has 10 heavy (non-hydrogen) atoms. The second kappa shape index (κ2) is 5.07. The van der Waals surface area contributed by atoms with Gasteiger partial charge in [-0.15, -0.1) is 0 Å².